The summed E-state index contributed by atoms with van der Waals surface area (Å²) in [6.07, 6.45) is -0.426. The van der Waals surface area contributed by atoms with Gasteiger partial charge < -0.3 is 19.9 Å². The zero-order chi connectivity index (χ0) is 11.5. The van der Waals surface area contributed by atoms with Crippen molar-refractivity contribution >= 4 is 11.8 Å². The molecular weight excluding hydrogens is 210 g/mol. The highest BCUT2D eigenvalue weighted by atomic mass is 16.5. The Bertz CT molecular complexity index is 289. The van der Waals surface area contributed by atoms with Gasteiger partial charge in [0.1, 0.15) is 6.10 Å². The van der Waals surface area contributed by atoms with Crippen molar-refractivity contribution in [1.82, 2.24) is 15.1 Å². The molecule has 2 fully saturated rings. The Morgan fingerprint density at radius 3 is 2.94 bits per heavy atom. The molecule has 0 aromatic heterocycles. The lowest BCUT2D eigenvalue weighted by Crippen LogP contribution is -2.56. The molecule has 2 heterocycles. The molecule has 6 nitrogen and oxygen atoms in total. The maximum absolute atomic E-state index is 12.0. The van der Waals surface area contributed by atoms with E-state index in [2.05, 4.69) is 5.32 Å². The predicted molar refractivity (Wildman–Crippen MR) is 56.8 cm³/mol. The van der Waals surface area contributed by atoms with E-state index in [9.17, 15) is 9.59 Å². The fourth-order valence-electron chi connectivity index (χ4n) is 1.87. The number of piperazine rings is 1. The molecule has 90 valence electrons. The van der Waals surface area contributed by atoms with Gasteiger partial charge in [-0.25, -0.2) is 0 Å². The van der Waals surface area contributed by atoms with E-state index in [1.54, 1.807) is 16.8 Å². The molecule has 1 atom stereocenters. The van der Waals surface area contributed by atoms with Gasteiger partial charge in [-0.15, -0.1) is 0 Å². The van der Waals surface area contributed by atoms with Gasteiger partial charge in [-0.1, -0.05) is 0 Å². The Labute approximate surface area is 94.5 Å². The van der Waals surface area contributed by atoms with Crippen molar-refractivity contribution in [3.8, 4) is 0 Å². The number of nitrogens with one attached hydrogen (secondary N) is 1. The summed E-state index contributed by atoms with van der Waals surface area (Å²) in [6, 6.07) is 0. The highest BCUT2D eigenvalue weighted by Gasteiger charge is 2.31. The molecule has 0 aromatic rings. The van der Waals surface area contributed by atoms with Gasteiger partial charge in [0.15, 0.2) is 0 Å². The molecule has 0 bridgehead atoms. The molecule has 16 heavy (non-hydrogen) atoms. The number of amides is 2. The van der Waals surface area contributed by atoms with E-state index < -0.39 is 6.10 Å². The van der Waals surface area contributed by atoms with Gasteiger partial charge in [-0.05, 0) is 0 Å². The molecule has 0 aromatic carbocycles. The van der Waals surface area contributed by atoms with Crippen LogP contribution in [-0.4, -0.2) is 74.1 Å². The number of ether oxygens (including phenoxy) is 1. The largest absolute Gasteiger partial charge is 0.366 e. The van der Waals surface area contributed by atoms with Crippen LogP contribution in [-0.2, 0) is 14.3 Å². The lowest BCUT2D eigenvalue weighted by atomic mass is 10.2. The molecule has 2 aliphatic rings. The van der Waals surface area contributed by atoms with Crippen LogP contribution in [0.4, 0.5) is 0 Å². The number of rotatable bonds is 1. The lowest BCUT2D eigenvalue weighted by molar-refractivity contribution is -0.152. The number of nitrogens with zero attached hydrogens (tertiary/aromatic N) is 2. The monoisotopic (exact) mass is 227 g/mol. The summed E-state index contributed by atoms with van der Waals surface area (Å²) in [5.41, 5.74) is 0. The Hall–Kier alpha value is -1.14. The third kappa shape index (κ3) is 2.33. The summed E-state index contributed by atoms with van der Waals surface area (Å²) in [6.45, 7) is 3.25. The van der Waals surface area contributed by atoms with E-state index in [1.165, 1.54) is 0 Å². The summed E-state index contributed by atoms with van der Waals surface area (Å²) < 4.78 is 5.38. The topological polar surface area (TPSA) is 61.9 Å². The molecule has 2 amide bonds. The second kappa shape index (κ2) is 4.80. The van der Waals surface area contributed by atoms with Crippen LogP contribution in [0.15, 0.2) is 0 Å². The fourth-order valence-corrected chi connectivity index (χ4v) is 1.87. The zero-order valence-corrected chi connectivity index (χ0v) is 9.44. The van der Waals surface area contributed by atoms with Crippen LogP contribution < -0.4 is 5.32 Å². The molecule has 2 saturated heterocycles. The highest BCUT2D eigenvalue weighted by Crippen LogP contribution is 2.06. The Morgan fingerprint density at radius 1 is 1.50 bits per heavy atom. The Morgan fingerprint density at radius 2 is 2.31 bits per heavy atom. The van der Waals surface area contributed by atoms with E-state index in [4.69, 9.17) is 4.74 Å². The van der Waals surface area contributed by atoms with Gasteiger partial charge in [0.2, 0.25) is 5.91 Å². The van der Waals surface area contributed by atoms with Crippen LogP contribution in [0.5, 0.6) is 0 Å². The molecule has 0 radical (unpaired) electrons. The second-order valence-corrected chi connectivity index (χ2v) is 4.14. The number of likely N-dealkylation sites (N-methyl/N-ethyl adjacent to an activating group) is 1. The smallest absolute Gasteiger partial charge is 0.253 e. The van der Waals surface area contributed by atoms with Gasteiger partial charge >= 0.3 is 0 Å². The number of hydrogen-bond donors (Lipinski definition) is 1. The average Bonchev–Trinajstić information content (AvgIpc) is 2.33. The van der Waals surface area contributed by atoms with Crippen LogP contribution in [0.2, 0.25) is 0 Å². The summed E-state index contributed by atoms with van der Waals surface area (Å²) >= 11 is 0. The van der Waals surface area contributed by atoms with Gasteiger partial charge in [0, 0.05) is 33.2 Å². The third-order valence-corrected chi connectivity index (χ3v) is 2.97. The standard InChI is InChI=1S/C10H17N3O3/c1-12-3-4-13(7-9(12)14)10(15)8-6-11-2-5-16-8/h8,11H,2-7H2,1H3. The van der Waals surface area contributed by atoms with Crippen molar-refractivity contribution in [3.63, 3.8) is 0 Å². The lowest BCUT2D eigenvalue weighted by Gasteiger charge is -2.35. The van der Waals surface area contributed by atoms with E-state index >= 15 is 0 Å². The van der Waals surface area contributed by atoms with E-state index in [-0.39, 0.29) is 18.4 Å². The molecular formula is C10H17N3O3. The van der Waals surface area contributed by atoms with Crippen LogP contribution in [0.3, 0.4) is 0 Å². The van der Waals surface area contributed by atoms with Crippen molar-refractivity contribution in [2.75, 3.05) is 46.4 Å². The van der Waals surface area contributed by atoms with Crippen LogP contribution in [0.1, 0.15) is 0 Å². The first-order chi connectivity index (χ1) is 7.68. The number of hydrogen-bond acceptors (Lipinski definition) is 4. The van der Waals surface area contributed by atoms with E-state index in [0.717, 1.165) is 6.54 Å². The molecule has 1 unspecified atom stereocenters. The molecule has 1 N–H and O–H groups in total. The normalized spacial score (nSPS) is 27.1. The summed E-state index contributed by atoms with van der Waals surface area (Å²) in [5.74, 6) is -0.0861. The minimum Gasteiger partial charge on any atom is -0.366 e. The predicted octanol–water partition coefficient (Wildman–Crippen LogP) is -1.72. The minimum absolute atomic E-state index is 0.0108. The highest BCUT2D eigenvalue weighted by molar-refractivity contribution is 5.88. The van der Waals surface area contributed by atoms with Crippen molar-refractivity contribution in [1.29, 1.82) is 0 Å². The third-order valence-electron chi connectivity index (χ3n) is 2.97. The van der Waals surface area contributed by atoms with E-state index in [1.807, 2.05) is 0 Å². The van der Waals surface area contributed by atoms with Crippen molar-refractivity contribution < 1.29 is 14.3 Å². The molecule has 0 saturated carbocycles. The van der Waals surface area contributed by atoms with Gasteiger partial charge in [0.25, 0.3) is 5.91 Å². The van der Waals surface area contributed by atoms with Gasteiger partial charge in [0.05, 0.1) is 13.2 Å². The van der Waals surface area contributed by atoms with Crippen LogP contribution >= 0.6 is 0 Å². The molecule has 2 aliphatic heterocycles. The Kier molecular flexibility index (Phi) is 3.40. The number of carbonyl (C=O) groups is 2. The quantitative estimate of drug-likeness (QED) is 0.578. The SMILES string of the molecule is CN1CCN(C(=O)C2CNCCO2)CC1=O. The van der Waals surface area contributed by atoms with Gasteiger partial charge in [-0.2, -0.15) is 0 Å². The maximum atomic E-state index is 12.0. The summed E-state index contributed by atoms with van der Waals surface area (Å²) in [4.78, 5) is 26.7. The first kappa shape index (κ1) is 11.3. The number of carbonyl (C=O) groups excluding carboxylic acids is 2. The maximum Gasteiger partial charge on any atom is 0.253 e. The zero-order valence-electron chi connectivity index (χ0n) is 9.44. The molecule has 0 aliphatic carbocycles. The minimum atomic E-state index is -0.426. The molecule has 0 spiro atoms. The van der Waals surface area contributed by atoms with Crippen LogP contribution in [0, 0.1) is 0 Å². The number of morpholine rings is 1. The summed E-state index contributed by atoms with van der Waals surface area (Å²) in [7, 11) is 1.75. The van der Waals surface area contributed by atoms with Crippen molar-refractivity contribution in [2.45, 2.75) is 6.10 Å². The molecule has 2 rings (SSSR count). The Balaban J connectivity index is 1.91. The van der Waals surface area contributed by atoms with Gasteiger partial charge in [-0.3, -0.25) is 9.59 Å². The van der Waals surface area contributed by atoms with E-state index in [0.29, 0.717) is 26.2 Å². The van der Waals surface area contributed by atoms with Crippen molar-refractivity contribution in [3.05, 3.63) is 0 Å². The summed E-state index contributed by atoms with van der Waals surface area (Å²) in [5, 5.41) is 3.11. The first-order valence-corrected chi connectivity index (χ1v) is 5.53. The van der Waals surface area contributed by atoms with Crippen LogP contribution in [0.25, 0.3) is 0 Å². The average molecular weight is 227 g/mol. The fraction of sp³-hybridized carbons (Fsp3) is 0.800. The first-order valence-electron chi connectivity index (χ1n) is 5.53. The van der Waals surface area contributed by atoms with Crippen molar-refractivity contribution in [2.24, 2.45) is 0 Å². The second-order valence-electron chi connectivity index (χ2n) is 4.14. The molecule has 6 heteroatoms.